The van der Waals surface area contributed by atoms with E-state index in [1.807, 2.05) is 25.1 Å². The number of carbonyl (C=O) groups excluding carboxylic acids is 1. The molecular weight excluding hydrogens is 264 g/mol. The summed E-state index contributed by atoms with van der Waals surface area (Å²) >= 11 is 1.28. The molecule has 1 aromatic heterocycles. The van der Waals surface area contributed by atoms with Crippen LogP contribution in [0.15, 0.2) is 29.4 Å². The topological polar surface area (TPSA) is 79.9 Å². The second-order valence-corrected chi connectivity index (χ2v) is 4.71. The van der Waals surface area contributed by atoms with E-state index in [-0.39, 0.29) is 11.7 Å². The molecule has 6 nitrogen and oxygen atoms in total. The first-order valence-corrected chi connectivity index (χ1v) is 6.61. The van der Waals surface area contributed by atoms with Crippen LogP contribution in [-0.4, -0.2) is 34.0 Å². The molecule has 0 aliphatic rings. The van der Waals surface area contributed by atoms with Gasteiger partial charge < -0.3 is 10.1 Å². The number of aromatic nitrogens is 3. The standard InChI is InChI=1S/C12H14N4O2S/c1-8-13-12(16-15-8)19-7-11(17)14-9-4-3-5-10(6-9)18-2/h3-6H,7H2,1-2H3,(H,14,17)(H,13,15,16). The first-order valence-electron chi connectivity index (χ1n) is 5.63. The van der Waals surface area contributed by atoms with Crippen LogP contribution in [0.25, 0.3) is 0 Å². The average molecular weight is 278 g/mol. The van der Waals surface area contributed by atoms with Gasteiger partial charge in [-0.25, -0.2) is 4.98 Å². The highest BCUT2D eigenvalue weighted by atomic mass is 32.2. The van der Waals surface area contributed by atoms with Crippen molar-refractivity contribution >= 4 is 23.4 Å². The fraction of sp³-hybridized carbons (Fsp3) is 0.250. The molecule has 7 heteroatoms. The van der Waals surface area contributed by atoms with Crippen LogP contribution >= 0.6 is 11.8 Å². The van der Waals surface area contributed by atoms with Crippen molar-refractivity contribution in [2.24, 2.45) is 0 Å². The van der Waals surface area contributed by atoms with E-state index >= 15 is 0 Å². The lowest BCUT2D eigenvalue weighted by Crippen LogP contribution is -2.14. The molecule has 19 heavy (non-hydrogen) atoms. The predicted molar refractivity (Wildman–Crippen MR) is 73.5 cm³/mol. The number of carbonyl (C=O) groups is 1. The Morgan fingerprint density at radius 2 is 2.37 bits per heavy atom. The van der Waals surface area contributed by atoms with Gasteiger partial charge in [0, 0.05) is 11.8 Å². The molecule has 0 saturated carbocycles. The number of thioether (sulfide) groups is 1. The van der Waals surface area contributed by atoms with Crippen LogP contribution in [0.5, 0.6) is 5.75 Å². The minimum atomic E-state index is -0.110. The summed E-state index contributed by atoms with van der Waals surface area (Å²) in [4.78, 5) is 15.9. The molecule has 1 heterocycles. The number of methoxy groups -OCH3 is 1. The van der Waals surface area contributed by atoms with E-state index in [0.717, 1.165) is 5.82 Å². The van der Waals surface area contributed by atoms with Gasteiger partial charge in [-0.15, -0.1) is 5.10 Å². The summed E-state index contributed by atoms with van der Waals surface area (Å²) in [7, 11) is 1.59. The van der Waals surface area contributed by atoms with Crippen LogP contribution in [0.4, 0.5) is 5.69 Å². The lowest BCUT2D eigenvalue weighted by atomic mass is 10.3. The number of H-pyrrole nitrogens is 1. The molecule has 2 aromatic rings. The van der Waals surface area contributed by atoms with Gasteiger partial charge in [0.05, 0.1) is 12.9 Å². The highest BCUT2D eigenvalue weighted by Crippen LogP contribution is 2.18. The van der Waals surface area contributed by atoms with Crippen LogP contribution in [-0.2, 0) is 4.79 Å². The molecule has 0 aliphatic carbocycles. The zero-order valence-electron chi connectivity index (χ0n) is 10.6. The van der Waals surface area contributed by atoms with E-state index in [9.17, 15) is 4.79 Å². The van der Waals surface area contributed by atoms with Gasteiger partial charge >= 0.3 is 0 Å². The molecule has 0 aliphatic heterocycles. The van der Waals surface area contributed by atoms with Crippen molar-refractivity contribution < 1.29 is 9.53 Å². The highest BCUT2D eigenvalue weighted by molar-refractivity contribution is 7.99. The van der Waals surface area contributed by atoms with Gasteiger partial charge in [-0.2, -0.15) is 0 Å². The van der Waals surface area contributed by atoms with E-state index in [1.165, 1.54) is 11.8 Å². The van der Waals surface area contributed by atoms with Gasteiger partial charge in [0.1, 0.15) is 11.6 Å². The molecule has 0 fully saturated rings. The number of benzene rings is 1. The van der Waals surface area contributed by atoms with Gasteiger partial charge in [-0.3, -0.25) is 9.89 Å². The highest BCUT2D eigenvalue weighted by Gasteiger charge is 2.07. The Morgan fingerprint density at radius 1 is 1.53 bits per heavy atom. The van der Waals surface area contributed by atoms with Gasteiger partial charge in [-0.1, -0.05) is 17.8 Å². The minimum absolute atomic E-state index is 0.110. The van der Waals surface area contributed by atoms with Crippen molar-refractivity contribution in [1.82, 2.24) is 15.2 Å². The van der Waals surface area contributed by atoms with Crippen LogP contribution in [0.2, 0.25) is 0 Å². The molecule has 0 atom stereocenters. The summed E-state index contributed by atoms with van der Waals surface area (Å²) < 4.78 is 5.09. The lowest BCUT2D eigenvalue weighted by Gasteiger charge is -2.05. The Labute approximate surface area is 115 Å². The van der Waals surface area contributed by atoms with Crippen molar-refractivity contribution in [2.75, 3.05) is 18.2 Å². The maximum atomic E-state index is 11.8. The Hall–Kier alpha value is -2.02. The summed E-state index contributed by atoms with van der Waals surface area (Å²) in [5.74, 6) is 1.58. The Morgan fingerprint density at radius 3 is 3.05 bits per heavy atom. The Balaban J connectivity index is 1.86. The number of hydrogen-bond acceptors (Lipinski definition) is 5. The smallest absolute Gasteiger partial charge is 0.234 e. The number of nitrogens with zero attached hydrogens (tertiary/aromatic N) is 2. The quantitative estimate of drug-likeness (QED) is 0.816. The molecule has 1 aromatic carbocycles. The van der Waals surface area contributed by atoms with Crippen LogP contribution in [0.3, 0.4) is 0 Å². The zero-order chi connectivity index (χ0) is 13.7. The summed E-state index contributed by atoms with van der Waals surface area (Å²) in [6.07, 6.45) is 0. The molecule has 0 unspecified atom stereocenters. The summed E-state index contributed by atoms with van der Waals surface area (Å²) in [5.41, 5.74) is 0.705. The fourth-order valence-corrected chi connectivity index (χ4v) is 2.06. The minimum Gasteiger partial charge on any atom is -0.497 e. The van der Waals surface area contributed by atoms with Crippen LogP contribution in [0, 0.1) is 6.92 Å². The normalized spacial score (nSPS) is 10.2. The number of anilines is 1. The van der Waals surface area contributed by atoms with E-state index in [2.05, 4.69) is 20.5 Å². The molecule has 0 bridgehead atoms. The molecule has 0 spiro atoms. The third-order valence-electron chi connectivity index (χ3n) is 2.26. The van der Waals surface area contributed by atoms with E-state index in [4.69, 9.17) is 4.74 Å². The van der Waals surface area contributed by atoms with Gasteiger partial charge in [0.2, 0.25) is 11.1 Å². The molecule has 0 saturated heterocycles. The monoisotopic (exact) mass is 278 g/mol. The van der Waals surface area contributed by atoms with Crippen molar-refractivity contribution in [2.45, 2.75) is 12.1 Å². The van der Waals surface area contributed by atoms with Gasteiger partial charge in [-0.05, 0) is 19.1 Å². The molecule has 2 rings (SSSR count). The SMILES string of the molecule is COc1cccc(NC(=O)CSc2n[nH]c(C)n2)c1. The third kappa shape index (κ3) is 3.99. The van der Waals surface area contributed by atoms with Crippen LogP contribution in [0.1, 0.15) is 5.82 Å². The number of ether oxygens (including phenoxy) is 1. The molecular formula is C12H14N4O2S. The van der Waals surface area contributed by atoms with E-state index in [0.29, 0.717) is 16.6 Å². The summed E-state index contributed by atoms with van der Waals surface area (Å²) in [5, 5.41) is 10.0. The van der Waals surface area contributed by atoms with E-state index in [1.54, 1.807) is 13.2 Å². The molecule has 2 N–H and O–H groups in total. The molecule has 1 amide bonds. The average Bonchev–Trinajstić information content (AvgIpc) is 2.82. The first-order chi connectivity index (χ1) is 9.17. The number of aryl methyl sites for hydroxylation is 1. The van der Waals surface area contributed by atoms with Crippen molar-refractivity contribution in [3.05, 3.63) is 30.1 Å². The Kier molecular flexibility index (Phi) is 4.40. The summed E-state index contributed by atoms with van der Waals surface area (Å²) in [6.45, 7) is 1.81. The number of hydrogen-bond donors (Lipinski definition) is 2. The Bertz CT molecular complexity index is 570. The van der Waals surface area contributed by atoms with E-state index < -0.39 is 0 Å². The number of amides is 1. The zero-order valence-corrected chi connectivity index (χ0v) is 11.5. The van der Waals surface area contributed by atoms with Crippen molar-refractivity contribution in [3.8, 4) is 5.75 Å². The number of nitrogens with one attached hydrogen (secondary N) is 2. The number of rotatable bonds is 5. The largest absolute Gasteiger partial charge is 0.497 e. The second-order valence-electron chi connectivity index (χ2n) is 3.77. The third-order valence-corrected chi connectivity index (χ3v) is 3.11. The maximum Gasteiger partial charge on any atom is 0.234 e. The first kappa shape index (κ1) is 13.4. The molecule has 0 radical (unpaired) electrons. The second kappa shape index (κ2) is 6.24. The lowest BCUT2D eigenvalue weighted by molar-refractivity contribution is -0.113. The fourth-order valence-electron chi connectivity index (χ4n) is 1.41. The summed E-state index contributed by atoms with van der Waals surface area (Å²) in [6, 6.07) is 7.21. The maximum absolute atomic E-state index is 11.8. The van der Waals surface area contributed by atoms with Crippen molar-refractivity contribution in [3.63, 3.8) is 0 Å². The molecule has 100 valence electrons. The van der Waals surface area contributed by atoms with Crippen molar-refractivity contribution in [1.29, 1.82) is 0 Å². The predicted octanol–water partition coefficient (Wildman–Crippen LogP) is 1.85. The number of aromatic amines is 1. The van der Waals surface area contributed by atoms with Crippen LogP contribution < -0.4 is 10.1 Å². The van der Waals surface area contributed by atoms with Gasteiger partial charge in [0.25, 0.3) is 0 Å². The van der Waals surface area contributed by atoms with Gasteiger partial charge in [0.15, 0.2) is 0 Å².